The Morgan fingerprint density at radius 3 is 2.39 bits per heavy atom. The SMILES string of the molecule is COc1ccc(C2NN=C(c3ccccc3OCc3ccccc3)C2O)cc1. The maximum Gasteiger partial charge on any atom is 0.129 e. The molecule has 1 aliphatic rings. The number of aliphatic hydroxyl groups is 1. The Kier molecular flexibility index (Phi) is 5.26. The smallest absolute Gasteiger partial charge is 0.129 e. The average molecular weight is 374 g/mol. The minimum Gasteiger partial charge on any atom is -0.497 e. The molecule has 0 spiro atoms. The summed E-state index contributed by atoms with van der Waals surface area (Å²) in [6, 6.07) is 24.9. The van der Waals surface area contributed by atoms with Crippen molar-refractivity contribution < 1.29 is 14.6 Å². The molecule has 0 aliphatic carbocycles. The number of rotatable bonds is 6. The van der Waals surface area contributed by atoms with Crippen molar-refractivity contribution in [3.63, 3.8) is 0 Å². The van der Waals surface area contributed by atoms with Gasteiger partial charge in [0.2, 0.25) is 0 Å². The molecule has 28 heavy (non-hydrogen) atoms. The highest BCUT2D eigenvalue weighted by Crippen LogP contribution is 2.30. The lowest BCUT2D eigenvalue weighted by Gasteiger charge is -2.18. The number of ether oxygens (including phenoxy) is 2. The quantitative estimate of drug-likeness (QED) is 0.691. The summed E-state index contributed by atoms with van der Waals surface area (Å²) in [6.07, 6.45) is -0.783. The van der Waals surface area contributed by atoms with E-state index >= 15 is 0 Å². The van der Waals surface area contributed by atoms with E-state index in [0.29, 0.717) is 18.1 Å². The van der Waals surface area contributed by atoms with Crippen LogP contribution in [-0.4, -0.2) is 24.0 Å². The molecule has 1 aliphatic heterocycles. The number of methoxy groups -OCH3 is 1. The predicted molar refractivity (Wildman–Crippen MR) is 109 cm³/mol. The van der Waals surface area contributed by atoms with Gasteiger partial charge >= 0.3 is 0 Å². The number of nitrogens with zero attached hydrogens (tertiary/aromatic N) is 1. The van der Waals surface area contributed by atoms with Gasteiger partial charge in [0.1, 0.15) is 36.0 Å². The molecule has 0 amide bonds. The summed E-state index contributed by atoms with van der Waals surface area (Å²) in [5.74, 6) is 1.47. The molecule has 5 heteroatoms. The van der Waals surface area contributed by atoms with Gasteiger partial charge in [-0.1, -0.05) is 54.6 Å². The fraction of sp³-hybridized carbons (Fsp3) is 0.174. The van der Waals surface area contributed by atoms with Gasteiger partial charge in [-0.15, -0.1) is 0 Å². The van der Waals surface area contributed by atoms with Gasteiger partial charge in [0.05, 0.1) is 7.11 Å². The second-order valence-electron chi connectivity index (χ2n) is 6.59. The fourth-order valence-electron chi connectivity index (χ4n) is 3.26. The fourth-order valence-corrected chi connectivity index (χ4v) is 3.26. The van der Waals surface area contributed by atoms with Gasteiger partial charge < -0.3 is 14.6 Å². The van der Waals surface area contributed by atoms with E-state index in [1.165, 1.54) is 0 Å². The normalized spacial score (nSPS) is 18.3. The van der Waals surface area contributed by atoms with E-state index in [1.54, 1.807) is 7.11 Å². The van der Waals surface area contributed by atoms with Crippen LogP contribution < -0.4 is 14.9 Å². The number of para-hydroxylation sites is 1. The summed E-state index contributed by atoms with van der Waals surface area (Å²) in [5, 5.41) is 15.3. The topological polar surface area (TPSA) is 63.1 Å². The van der Waals surface area contributed by atoms with Crippen molar-refractivity contribution in [3.05, 3.63) is 95.6 Å². The third-order valence-electron chi connectivity index (χ3n) is 4.80. The summed E-state index contributed by atoms with van der Waals surface area (Å²) < 4.78 is 11.2. The van der Waals surface area contributed by atoms with Crippen LogP contribution in [0.15, 0.2) is 84.0 Å². The van der Waals surface area contributed by atoms with Crippen LogP contribution in [0.1, 0.15) is 22.7 Å². The van der Waals surface area contributed by atoms with Crippen molar-refractivity contribution >= 4 is 5.71 Å². The number of hydrogen-bond acceptors (Lipinski definition) is 5. The molecule has 0 bridgehead atoms. The second-order valence-corrected chi connectivity index (χ2v) is 6.59. The largest absolute Gasteiger partial charge is 0.497 e. The highest BCUT2D eigenvalue weighted by molar-refractivity contribution is 6.07. The van der Waals surface area contributed by atoms with Gasteiger partial charge in [-0.25, -0.2) is 0 Å². The molecule has 5 nitrogen and oxygen atoms in total. The lowest BCUT2D eigenvalue weighted by Crippen LogP contribution is -2.27. The molecular formula is C23H22N2O3. The van der Waals surface area contributed by atoms with Gasteiger partial charge in [-0.05, 0) is 35.4 Å². The van der Waals surface area contributed by atoms with E-state index in [0.717, 1.165) is 22.4 Å². The van der Waals surface area contributed by atoms with Crippen molar-refractivity contribution in [2.75, 3.05) is 7.11 Å². The molecule has 0 saturated heterocycles. The van der Waals surface area contributed by atoms with Gasteiger partial charge in [0, 0.05) is 5.56 Å². The number of hydrazone groups is 1. The van der Waals surface area contributed by atoms with Crippen molar-refractivity contribution in [2.45, 2.75) is 18.8 Å². The maximum atomic E-state index is 10.9. The van der Waals surface area contributed by atoms with Crippen LogP contribution in [0.5, 0.6) is 11.5 Å². The van der Waals surface area contributed by atoms with Crippen molar-refractivity contribution in [1.82, 2.24) is 5.43 Å². The van der Waals surface area contributed by atoms with E-state index < -0.39 is 6.10 Å². The van der Waals surface area contributed by atoms with E-state index in [-0.39, 0.29) is 6.04 Å². The van der Waals surface area contributed by atoms with Gasteiger partial charge in [0.25, 0.3) is 0 Å². The molecule has 0 radical (unpaired) electrons. The van der Waals surface area contributed by atoms with Gasteiger partial charge in [-0.3, -0.25) is 5.43 Å². The Labute approximate surface area is 164 Å². The summed E-state index contributed by atoms with van der Waals surface area (Å²) >= 11 is 0. The minimum absolute atomic E-state index is 0.317. The highest BCUT2D eigenvalue weighted by atomic mass is 16.5. The molecule has 1 heterocycles. The zero-order valence-corrected chi connectivity index (χ0v) is 15.6. The first-order valence-corrected chi connectivity index (χ1v) is 9.17. The van der Waals surface area contributed by atoms with Crippen LogP contribution in [0, 0.1) is 0 Å². The first-order chi connectivity index (χ1) is 13.8. The number of nitrogens with one attached hydrogen (secondary N) is 1. The Hall–Kier alpha value is -3.31. The van der Waals surface area contributed by atoms with Crippen molar-refractivity contribution in [1.29, 1.82) is 0 Å². The van der Waals surface area contributed by atoms with Crippen LogP contribution in [0.2, 0.25) is 0 Å². The van der Waals surface area contributed by atoms with Crippen LogP contribution in [0.4, 0.5) is 0 Å². The van der Waals surface area contributed by atoms with E-state index in [1.807, 2.05) is 78.9 Å². The number of benzene rings is 3. The Morgan fingerprint density at radius 2 is 1.64 bits per heavy atom. The third kappa shape index (κ3) is 3.70. The Morgan fingerprint density at radius 1 is 0.929 bits per heavy atom. The summed E-state index contributed by atoms with van der Waals surface area (Å²) in [4.78, 5) is 0. The highest BCUT2D eigenvalue weighted by Gasteiger charge is 2.33. The summed E-state index contributed by atoms with van der Waals surface area (Å²) in [5.41, 5.74) is 6.43. The summed E-state index contributed by atoms with van der Waals surface area (Å²) in [7, 11) is 1.63. The first-order valence-electron chi connectivity index (χ1n) is 9.17. The van der Waals surface area contributed by atoms with Crippen LogP contribution in [-0.2, 0) is 6.61 Å². The summed E-state index contributed by atoms with van der Waals surface area (Å²) in [6.45, 7) is 0.455. The van der Waals surface area contributed by atoms with E-state index in [2.05, 4.69) is 10.5 Å². The van der Waals surface area contributed by atoms with Crippen molar-refractivity contribution in [3.8, 4) is 11.5 Å². The van der Waals surface area contributed by atoms with E-state index in [9.17, 15) is 5.11 Å². The zero-order chi connectivity index (χ0) is 19.3. The molecule has 2 atom stereocenters. The first kappa shape index (κ1) is 18.1. The molecular weight excluding hydrogens is 352 g/mol. The van der Waals surface area contributed by atoms with Crippen molar-refractivity contribution in [2.24, 2.45) is 5.10 Å². The molecule has 142 valence electrons. The molecule has 0 aromatic heterocycles. The Balaban J connectivity index is 1.52. The Bertz CT molecular complexity index is 955. The average Bonchev–Trinajstić information content (AvgIpc) is 3.14. The second kappa shape index (κ2) is 8.15. The molecule has 3 aromatic carbocycles. The van der Waals surface area contributed by atoms with Crippen LogP contribution >= 0.6 is 0 Å². The molecule has 3 aromatic rings. The monoisotopic (exact) mass is 374 g/mol. The van der Waals surface area contributed by atoms with Crippen LogP contribution in [0.3, 0.4) is 0 Å². The van der Waals surface area contributed by atoms with E-state index in [4.69, 9.17) is 9.47 Å². The zero-order valence-electron chi connectivity index (χ0n) is 15.6. The lowest BCUT2D eigenvalue weighted by atomic mass is 9.95. The third-order valence-corrected chi connectivity index (χ3v) is 4.80. The number of hydrogen-bond donors (Lipinski definition) is 2. The molecule has 0 fully saturated rings. The predicted octanol–water partition coefficient (Wildman–Crippen LogP) is 3.68. The number of aliphatic hydroxyl groups excluding tert-OH is 1. The standard InChI is InChI=1S/C23H22N2O3/c1-27-18-13-11-17(12-14-18)21-23(26)22(25-24-21)19-9-5-6-10-20(19)28-15-16-7-3-2-4-8-16/h2-14,21,23-24,26H,15H2,1H3. The lowest BCUT2D eigenvalue weighted by molar-refractivity contribution is 0.206. The molecule has 2 N–H and O–H groups in total. The van der Waals surface area contributed by atoms with Gasteiger partial charge in [-0.2, -0.15) is 5.10 Å². The molecule has 2 unspecified atom stereocenters. The van der Waals surface area contributed by atoms with Crippen LogP contribution in [0.25, 0.3) is 0 Å². The molecule has 4 rings (SSSR count). The minimum atomic E-state index is -0.783. The molecule has 0 saturated carbocycles. The maximum absolute atomic E-state index is 10.9. The van der Waals surface area contributed by atoms with Gasteiger partial charge in [0.15, 0.2) is 0 Å².